The van der Waals surface area contributed by atoms with Crippen LogP contribution in [-0.4, -0.2) is 58.0 Å². The van der Waals surface area contributed by atoms with E-state index in [1.165, 1.54) is 12.8 Å². The first kappa shape index (κ1) is 15.3. The second-order valence-corrected chi connectivity index (χ2v) is 7.23. The molecule has 3 heterocycles. The highest BCUT2D eigenvalue weighted by Crippen LogP contribution is 2.38. The Hall–Kier alpha value is -1.24. The highest BCUT2D eigenvalue weighted by molar-refractivity contribution is 5.12. The van der Waals surface area contributed by atoms with Gasteiger partial charge in [0, 0.05) is 18.5 Å². The minimum Gasteiger partial charge on any atom is -0.389 e. The fourth-order valence-corrected chi connectivity index (χ4v) is 3.81. The van der Waals surface area contributed by atoms with Gasteiger partial charge in [-0.05, 0) is 44.7 Å². The molecule has 0 radical (unpaired) electrons. The SMILES string of the molecule is O=c1cc(C2CC2)ncn1CC1CCN(C2COCC2O)CC1. The van der Waals surface area contributed by atoms with E-state index < -0.39 is 0 Å². The van der Waals surface area contributed by atoms with Crippen molar-refractivity contribution in [2.24, 2.45) is 5.92 Å². The Balaban J connectivity index is 1.33. The topological polar surface area (TPSA) is 67.6 Å². The van der Waals surface area contributed by atoms with Gasteiger partial charge in [0.05, 0.1) is 37.4 Å². The average Bonchev–Trinajstić information content (AvgIpc) is 3.32. The van der Waals surface area contributed by atoms with E-state index >= 15 is 0 Å². The summed E-state index contributed by atoms with van der Waals surface area (Å²) in [6, 6.07) is 1.87. The van der Waals surface area contributed by atoms with Crippen LogP contribution in [0.4, 0.5) is 0 Å². The molecule has 6 nitrogen and oxygen atoms in total. The maximum absolute atomic E-state index is 12.2. The maximum Gasteiger partial charge on any atom is 0.253 e. The minimum atomic E-state index is -0.353. The van der Waals surface area contributed by atoms with Crippen LogP contribution < -0.4 is 5.56 Å². The molecular formula is C17H25N3O3. The normalized spacial score (nSPS) is 30.0. The molecule has 1 aromatic heterocycles. The molecule has 3 aliphatic rings. The molecule has 126 valence electrons. The van der Waals surface area contributed by atoms with Gasteiger partial charge in [-0.3, -0.25) is 14.3 Å². The number of likely N-dealkylation sites (tertiary alicyclic amines) is 1. The van der Waals surface area contributed by atoms with Crippen molar-refractivity contribution in [2.75, 3.05) is 26.3 Å². The van der Waals surface area contributed by atoms with Crippen LogP contribution in [0.3, 0.4) is 0 Å². The standard InChI is InChI=1S/C17H25N3O3/c21-16-10-23-9-15(16)19-5-3-12(4-6-19)8-20-11-18-14(7-17(20)22)13-1-2-13/h7,11-13,15-16,21H,1-6,8-10H2. The number of aromatic nitrogens is 2. The lowest BCUT2D eigenvalue weighted by Crippen LogP contribution is -2.47. The van der Waals surface area contributed by atoms with Crippen LogP contribution in [-0.2, 0) is 11.3 Å². The van der Waals surface area contributed by atoms with Crippen molar-refractivity contribution in [2.45, 2.75) is 50.3 Å². The Bertz CT molecular complexity index is 605. The lowest BCUT2D eigenvalue weighted by Gasteiger charge is -2.36. The van der Waals surface area contributed by atoms with Crippen molar-refractivity contribution >= 4 is 0 Å². The van der Waals surface area contributed by atoms with E-state index in [0.717, 1.165) is 38.2 Å². The lowest BCUT2D eigenvalue weighted by atomic mass is 9.95. The van der Waals surface area contributed by atoms with Gasteiger partial charge >= 0.3 is 0 Å². The zero-order valence-corrected chi connectivity index (χ0v) is 13.4. The summed E-state index contributed by atoms with van der Waals surface area (Å²) in [4.78, 5) is 19.0. The molecule has 0 amide bonds. The highest BCUT2D eigenvalue weighted by Gasteiger charge is 2.34. The zero-order chi connectivity index (χ0) is 15.8. The monoisotopic (exact) mass is 319 g/mol. The summed E-state index contributed by atoms with van der Waals surface area (Å²) in [7, 11) is 0. The van der Waals surface area contributed by atoms with Gasteiger partial charge in [0.1, 0.15) is 0 Å². The molecule has 1 N–H and O–H groups in total. The zero-order valence-electron chi connectivity index (χ0n) is 13.4. The molecule has 6 heteroatoms. The molecule has 2 atom stereocenters. The smallest absolute Gasteiger partial charge is 0.253 e. The quantitative estimate of drug-likeness (QED) is 0.880. The highest BCUT2D eigenvalue weighted by atomic mass is 16.5. The van der Waals surface area contributed by atoms with E-state index in [1.54, 1.807) is 17.0 Å². The van der Waals surface area contributed by atoms with E-state index in [4.69, 9.17) is 4.74 Å². The molecule has 0 spiro atoms. The number of piperidine rings is 1. The Morgan fingerprint density at radius 2 is 2.00 bits per heavy atom. The van der Waals surface area contributed by atoms with Crippen molar-refractivity contribution in [1.82, 2.24) is 14.5 Å². The molecule has 4 rings (SSSR count). The summed E-state index contributed by atoms with van der Waals surface area (Å²) < 4.78 is 7.11. The van der Waals surface area contributed by atoms with Crippen molar-refractivity contribution < 1.29 is 9.84 Å². The van der Waals surface area contributed by atoms with Crippen LogP contribution in [0.2, 0.25) is 0 Å². The van der Waals surface area contributed by atoms with Gasteiger partial charge in [-0.2, -0.15) is 0 Å². The van der Waals surface area contributed by atoms with Gasteiger partial charge in [0.2, 0.25) is 0 Å². The Morgan fingerprint density at radius 3 is 2.61 bits per heavy atom. The third-order valence-corrected chi connectivity index (χ3v) is 5.49. The largest absolute Gasteiger partial charge is 0.389 e. The first-order valence-electron chi connectivity index (χ1n) is 8.77. The van der Waals surface area contributed by atoms with Crippen LogP contribution >= 0.6 is 0 Å². The van der Waals surface area contributed by atoms with E-state index in [-0.39, 0.29) is 17.7 Å². The predicted molar refractivity (Wildman–Crippen MR) is 85.4 cm³/mol. The molecule has 2 unspecified atom stereocenters. The second kappa shape index (κ2) is 6.34. The van der Waals surface area contributed by atoms with E-state index in [2.05, 4.69) is 9.88 Å². The second-order valence-electron chi connectivity index (χ2n) is 7.23. The van der Waals surface area contributed by atoms with Gasteiger partial charge < -0.3 is 9.84 Å². The molecule has 0 bridgehead atoms. The minimum absolute atomic E-state index is 0.0870. The number of ether oxygens (including phenoxy) is 1. The molecule has 23 heavy (non-hydrogen) atoms. The van der Waals surface area contributed by atoms with Crippen molar-refractivity contribution in [3.05, 3.63) is 28.4 Å². The maximum atomic E-state index is 12.2. The first-order chi connectivity index (χ1) is 11.2. The van der Waals surface area contributed by atoms with Crippen LogP contribution in [0.5, 0.6) is 0 Å². The number of hydrogen-bond donors (Lipinski definition) is 1. The summed E-state index contributed by atoms with van der Waals surface area (Å²) in [5, 5.41) is 9.93. The number of hydrogen-bond acceptors (Lipinski definition) is 5. The summed E-state index contributed by atoms with van der Waals surface area (Å²) >= 11 is 0. The number of aliphatic hydroxyl groups is 1. The molecule has 2 saturated heterocycles. The van der Waals surface area contributed by atoms with Gasteiger partial charge in [0.15, 0.2) is 0 Å². The number of rotatable bonds is 4. The molecule has 1 aromatic rings. The molecular weight excluding hydrogens is 294 g/mol. The third-order valence-electron chi connectivity index (χ3n) is 5.49. The Morgan fingerprint density at radius 1 is 1.22 bits per heavy atom. The van der Waals surface area contributed by atoms with Crippen LogP contribution in [0.15, 0.2) is 17.2 Å². The van der Waals surface area contributed by atoms with Gasteiger partial charge in [0.25, 0.3) is 5.56 Å². The number of aliphatic hydroxyl groups excluding tert-OH is 1. The summed E-state index contributed by atoms with van der Waals surface area (Å²) in [6.45, 7) is 3.79. The van der Waals surface area contributed by atoms with Crippen LogP contribution in [0.1, 0.15) is 37.3 Å². The van der Waals surface area contributed by atoms with Crippen molar-refractivity contribution in [1.29, 1.82) is 0 Å². The van der Waals surface area contributed by atoms with Gasteiger partial charge in [-0.15, -0.1) is 0 Å². The van der Waals surface area contributed by atoms with E-state index in [0.29, 0.717) is 25.0 Å². The average molecular weight is 319 g/mol. The summed E-state index contributed by atoms with van der Waals surface area (Å²) in [5.74, 6) is 1.04. The van der Waals surface area contributed by atoms with E-state index in [9.17, 15) is 9.90 Å². The van der Waals surface area contributed by atoms with Crippen LogP contribution in [0, 0.1) is 5.92 Å². The van der Waals surface area contributed by atoms with Crippen LogP contribution in [0.25, 0.3) is 0 Å². The number of nitrogens with zero attached hydrogens (tertiary/aromatic N) is 3. The molecule has 3 fully saturated rings. The van der Waals surface area contributed by atoms with Gasteiger partial charge in [-0.1, -0.05) is 0 Å². The first-order valence-corrected chi connectivity index (χ1v) is 8.77. The van der Waals surface area contributed by atoms with Crippen molar-refractivity contribution in [3.8, 4) is 0 Å². The molecule has 0 aromatic carbocycles. The molecule has 1 saturated carbocycles. The van der Waals surface area contributed by atoms with Crippen molar-refractivity contribution in [3.63, 3.8) is 0 Å². The van der Waals surface area contributed by atoms with Gasteiger partial charge in [-0.25, -0.2) is 4.98 Å². The fraction of sp³-hybridized carbons (Fsp3) is 0.765. The Labute approximate surface area is 136 Å². The molecule has 1 aliphatic carbocycles. The fourth-order valence-electron chi connectivity index (χ4n) is 3.81. The predicted octanol–water partition coefficient (Wildman–Crippen LogP) is 0.592. The van der Waals surface area contributed by atoms with E-state index in [1.807, 2.05) is 0 Å². The summed E-state index contributed by atoms with van der Waals surface area (Å²) in [6.07, 6.45) is 5.84. The lowest BCUT2D eigenvalue weighted by molar-refractivity contribution is 0.0562. The molecule has 2 aliphatic heterocycles. The third kappa shape index (κ3) is 3.34. The summed E-state index contributed by atoms with van der Waals surface area (Å²) in [5.41, 5.74) is 1.06. The Kier molecular flexibility index (Phi) is 4.22.